The third-order valence-electron chi connectivity index (χ3n) is 19.8. The number of nitrogens with one attached hydrogen (secondary N) is 2. The van der Waals surface area contributed by atoms with E-state index in [-0.39, 0.29) is 67.6 Å². The fourth-order valence-electron chi connectivity index (χ4n) is 14.8. The van der Waals surface area contributed by atoms with Crippen LogP contribution in [-0.2, 0) is 36.8 Å². The summed E-state index contributed by atoms with van der Waals surface area (Å²) in [5.74, 6) is -1.47. The minimum absolute atomic E-state index is 0.0204. The number of anilines is 3. The number of phosphoric acid groups is 2. The number of aromatic nitrogens is 5. The number of hydrogen-bond acceptors (Lipinski definition) is 24. The van der Waals surface area contributed by atoms with Gasteiger partial charge in [0.25, 0.3) is 5.88 Å². The first-order valence-electron chi connectivity index (χ1n) is 34.6. The molecule has 0 spiro atoms. The van der Waals surface area contributed by atoms with Crippen LogP contribution in [0.2, 0.25) is 0 Å². The number of alkyl carbamates (subject to hydrolysis) is 1. The number of carbonyl (C=O) groups is 3. The molecule has 103 heavy (non-hydrogen) atoms. The van der Waals surface area contributed by atoms with Gasteiger partial charge in [-0.3, -0.25) is 28.4 Å². The second-order valence-electron chi connectivity index (χ2n) is 26.9. The Bertz CT molecular complexity index is 4380. The Labute approximate surface area is 600 Å². The van der Waals surface area contributed by atoms with E-state index in [1.165, 1.54) is 16.2 Å². The summed E-state index contributed by atoms with van der Waals surface area (Å²) in [5.41, 5.74) is 18.0. The van der Waals surface area contributed by atoms with Crippen LogP contribution in [0.15, 0.2) is 138 Å². The van der Waals surface area contributed by atoms with Crippen LogP contribution in [0.25, 0.3) is 32.8 Å². The quantitative estimate of drug-likeness (QED) is 0.0196. The van der Waals surface area contributed by atoms with E-state index in [1.807, 2.05) is 110 Å². The van der Waals surface area contributed by atoms with Crippen molar-refractivity contribution in [1.82, 2.24) is 50.7 Å². The molecule has 4 aromatic heterocycles. The summed E-state index contributed by atoms with van der Waals surface area (Å²) < 4.78 is 65.7. The van der Waals surface area contributed by atoms with E-state index < -0.39 is 76.7 Å². The molecule has 13 rings (SSSR count). The molecule has 31 heteroatoms. The highest BCUT2D eigenvalue weighted by molar-refractivity contribution is 7.61. The van der Waals surface area contributed by atoms with Crippen molar-refractivity contribution >= 4 is 62.1 Å². The molecular weight excluding hydrogens is 1380 g/mol. The van der Waals surface area contributed by atoms with Gasteiger partial charge in [0.15, 0.2) is 11.6 Å². The molecule has 2 bridgehead atoms. The van der Waals surface area contributed by atoms with Crippen LogP contribution >= 0.6 is 27.0 Å². The van der Waals surface area contributed by atoms with Crippen molar-refractivity contribution in [2.45, 2.75) is 102 Å². The van der Waals surface area contributed by atoms with Crippen LogP contribution in [-0.4, -0.2) is 188 Å². The Morgan fingerprint density at radius 2 is 1.49 bits per heavy atom. The highest BCUT2D eigenvalue weighted by atomic mass is 32.1. The van der Waals surface area contributed by atoms with Crippen LogP contribution in [0.4, 0.5) is 22.0 Å². The predicted molar refractivity (Wildman–Crippen MR) is 385 cm³/mol. The van der Waals surface area contributed by atoms with Crippen LogP contribution in [0.3, 0.4) is 0 Å². The number of pyridine rings is 1. The van der Waals surface area contributed by atoms with Crippen LogP contribution in [0.5, 0.6) is 17.5 Å². The van der Waals surface area contributed by atoms with Gasteiger partial charge in [-0.15, -0.1) is 21.5 Å². The van der Waals surface area contributed by atoms with E-state index in [1.54, 1.807) is 50.7 Å². The number of phenols is 1. The van der Waals surface area contributed by atoms with E-state index in [4.69, 9.17) is 37.8 Å². The topological polar surface area (TPSA) is 345 Å². The fraction of sp³-hybridized carbons (Fsp3) is 0.417. The van der Waals surface area contributed by atoms with E-state index >= 15 is 4.79 Å². The van der Waals surface area contributed by atoms with Crippen molar-refractivity contribution < 1.29 is 70.5 Å². The molecule has 1 aliphatic carbocycles. The van der Waals surface area contributed by atoms with Gasteiger partial charge in [0, 0.05) is 119 Å². The van der Waals surface area contributed by atoms with Gasteiger partial charge in [0.05, 0.1) is 46.2 Å². The number of nitrogens with two attached hydrogens (primary N) is 1. The van der Waals surface area contributed by atoms with E-state index in [0.29, 0.717) is 42.7 Å². The van der Waals surface area contributed by atoms with Gasteiger partial charge in [-0.25, -0.2) is 23.9 Å². The highest BCUT2D eigenvalue weighted by Gasteiger charge is 2.48. The Hall–Kier alpha value is -8.86. The number of likely N-dealkylation sites (tertiary alicyclic amines) is 1. The minimum Gasteiger partial charge on any atom is -0.507 e. The number of ether oxygens (including phenoxy) is 3. The number of aromatic hydroxyl groups is 1. The maximum absolute atomic E-state index is 15.0. The number of amides is 3. The minimum atomic E-state index is -5.48. The number of hydrogen-bond donors (Lipinski definition) is 6. The monoisotopic (exact) mass is 1470 g/mol. The Kier molecular flexibility index (Phi) is 22.3. The lowest BCUT2D eigenvalue weighted by Crippen LogP contribution is -2.54. The van der Waals surface area contributed by atoms with Crippen LogP contribution < -0.4 is 35.6 Å². The Morgan fingerprint density at radius 1 is 0.786 bits per heavy atom. The number of rotatable bonds is 28. The Morgan fingerprint density at radius 3 is 2.18 bits per heavy atom. The zero-order chi connectivity index (χ0) is 72.1. The number of thiazole rings is 1. The third-order valence-corrected chi connectivity index (χ3v) is 23.5. The molecule has 0 saturated carbocycles. The van der Waals surface area contributed by atoms with Crippen molar-refractivity contribution in [3.8, 4) is 50.3 Å². The molecule has 28 nitrogen and oxygen atoms in total. The summed E-state index contributed by atoms with van der Waals surface area (Å²) >= 11 is 1.51. The lowest BCUT2D eigenvalue weighted by Gasteiger charge is -2.43. The third kappa shape index (κ3) is 16.9. The number of nitrogen functional groups attached to an aromatic ring is 1. The second-order valence-corrected chi connectivity index (χ2v) is 30.8. The molecule has 4 unspecified atom stereocenters. The molecule has 4 aromatic carbocycles. The first kappa shape index (κ1) is 72.5. The van der Waals surface area contributed by atoms with Crippen LogP contribution in [0, 0.1) is 12.8 Å². The zero-order valence-corrected chi connectivity index (χ0v) is 60.4. The predicted octanol–water partition coefficient (Wildman–Crippen LogP) is 9.94. The molecule has 8 heterocycles. The first-order chi connectivity index (χ1) is 49.6. The van der Waals surface area contributed by atoms with Gasteiger partial charge >= 0.3 is 21.7 Å². The van der Waals surface area contributed by atoms with E-state index in [0.717, 1.165) is 101 Å². The van der Waals surface area contributed by atoms with E-state index in [2.05, 4.69) is 62.5 Å². The number of carbonyl (C=O) groups excluding carboxylic acids is 3. The number of nitrogens with zero attached hydrogens (tertiary/aromatic N) is 10. The summed E-state index contributed by atoms with van der Waals surface area (Å²) in [6.07, 6.45) is 1.34. The number of phenolic OH excluding ortho intramolecular Hbond substituents is 1. The zero-order valence-electron chi connectivity index (χ0n) is 57.8. The molecule has 544 valence electrons. The number of para-hydroxylation sites is 1. The SMILES string of the molecule is Cc1ncsc1-c1ccc([C@H](C)NC(=O)[C@@H]2C[C@@H](OP(=O)(O)OP(=O)(O)OCCNC(=O)OCC3c4ccccc4-c4ccccc43)CN2C(=O)[C@@H](c2cc(OCCN3CCN(CCOc4cc(N5C6CCC5CN(c5cc(-c7ccccc7O)nnc5N)C6)ccn4)[C@H](C)C3)no2)C(C)C)cc1. The summed E-state index contributed by atoms with van der Waals surface area (Å²) in [5, 5.41) is 28.7. The number of phosphoric ester groups is 2. The van der Waals surface area contributed by atoms with Crippen molar-refractivity contribution in [3.05, 3.63) is 161 Å². The second kappa shape index (κ2) is 31.6. The first-order valence-corrected chi connectivity index (χ1v) is 38.5. The van der Waals surface area contributed by atoms with Crippen LogP contribution in [0.1, 0.15) is 93.0 Å². The van der Waals surface area contributed by atoms with Gasteiger partial charge in [-0.1, -0.05) is 98.8 Å². The highest BCUT2D eigenvalue weighted by Crippen LogP contribution is 2.61. The number of aryl methyl sites for hydroxylation is 1. The molecule has 0 radical (unpaired) electrons. The molecular formula is C72H85N13O15P2S. The average molecular weight is 1470 g/mol. The maximum atomic E-state index is 15.0. The summed E-state index contributed by atoms with van der Waals surface area (Å²) in [7, 11) is -10.8. The molecule has 7 N–H and O–H groups in total. The molecule has 9 atom stereocenters. The van der Waals surface area contributed by atoms with Gasteiger partial charge in [0.2, 0.25) is 17.7 Å². The summed E-state index contributed by atoms with van der Waals surface area (Å²) in [4.78, 5) is 84.6. The van der Waals surface area contributed by atoms with Crippen molar-refractivity contribution in [2.75, 3.05) is 101 Å². The molecule has 4 aliphatic heterocycles. The standard InChI is InChI=1S/C72H85N13O15P2S/c1-44(2)67(64-37-66(80-98-64)95-32-29-81-27-28-82(45(3)38-81)30-33-94-65-34-50(24-25-74-65)85-51-22-23-52(85)40-83(39-51)61-36-60(78-79-69(61)73)58-16-10-11-17-63(58)86)71(88)84-41-53(35-62(84)70(87)77-46(4)48-18-20-49(21-19-48)68-47(5)76-43-103-68)99-102(92,93)100-101(90,91)97-31-26-75-72(89)96-42-59-56-14-8-6-12-54(56)55-13-7-9-15-57(55)59/h6-21,24-25,34,36-37,43-46,51-53,59,62,67,86H,22-23,26-33,35,38-42H2,1-5H3,(H2,73,79)(H,75,89)(H,77,87)(H,90,91)(H,92,93)/t45-,46+,51?,52?,53-,62+,67-/m1/s1. The van der Waals surface area contributed by atoms with Crippen molar-refractivity contribution in [1.29, 1.82) is 0 Å². The smallest absolute Gasteiger partial charge is 0.481 e. The largest absolute Gasteiger partial charge is 0.507 e. The molecule has 5 aliphatic rings. The molecule has 8 aromatic rings. The lowest BCUT2D eigenvalue weighted by atomic mass is 9.91. The van der Waals surface area contributed by atoms with Crippen molar-refractivity contribution in [2.24, 2.45) is 5.92 Å². The van der Waals surface area contributed by atoms with Gasteiger partial charge in [0.1, 0.15) is 37.5 Å². The summed E-state index contributed by atoms with van der Waals surface area (Å²) in [6, 6.07) is 36.8. The fourth-order valence-corrected chi connectivity index (χ4v) is 17.8. The number of benzene rings is 4. The summed E-state index contributed by atoms with van der Waals surface area (Å²) in [6.45, 7) is 14.0. The van der Waals surface area contributed by atoms with Gasteiger partial charge in [-0.05, 0) is 102 Å². The number of piperazine rings is 2. The average Bonchev–Trinajstić information content (AvgIpc) is 1.67. The maximum Gasteiger partial charge on any atom is 0.481 e. The van der Waals surface area contributed by atoms with Gasteiger partial charge in [-0.2, -0.15) is 4.31 Å². The van der Waals surface area contributed by atoms with Gasteiger partial charge < -0.3 is 64.7 Å². The van der Waals surface area contributed by atoms with Crippen molar-refractivity contribution in [3.63, 3.8) is 0 Å². The number of fused-ring (bicyclic) bond motifs is 5. The Balaban J connectivity index is 0.582. The lowest BCUT2D eigenvalue weighted by molar-refractivity contribution is -0.141. The normalized spacial score (nSPS) is 20.8. The van der Waals surface area contributed by atoms with E-state index in [9.17, 15) is 33.6 Å². The molecule has 4 fully saturated rings. The molecule has 3 amide bonds. The molecule has 4 saturated heterocycles.